The Morgan fingerprint density at radius 3 is 2.79 bits per heavy atom. The van der Waals surface area contributed by atoms with Gasteiger partial charge in [0.25, 0.3) is 0 Å². The molecular weight excluding hydrogens is 263 g/mol. The van der Waals surface area contributed by atoms with Crippen LogP contribution in [-0.2, 0) is 17.6 Å². The van der Waals surface area contributed by atoms with E-state index >= 15 is 0 Å². The maximum Gasteiger partial charge on any atom is 0.306 e. The van der Waals surface area contributed by atoms with Crippen LogP contribution in [0.15, 0.2) is 41.8 Å². The van der Waals surface area contributed by atoms with Crippen LogP contribution in [0.25, 0.3) is 0 Å². The quantitative estimate of drug-likeness (QED) is 0.873. The van der Waals surface area contributed by atoms with Crippen molar-refractivity contribution >= 4 is 17.3 Å². The molecule has 1 atom stereocenters. The normalized spacial score (nSPS) is 12.3. The van der Waals surface area contributed by atoms with Crippen molar-refractivity contribution in [1.82, 2.24) is 0 Å². The Morgan fingerprint density at radius 2 is 2.16 bits per heavy atom. The molecule has 0 aliphatic carbocycles. The van der Waals surface area contributed by atoms with Crippen molar-refractivity contribution in [2.75, 3.05) is 0 Å². The van der Waals surface area contributed by atoms with Gasteiger partial charge in [0.05, 0.1) is 5.92 Å². The molecule has 4 heteroatoms. The van der Waals surface area contributed by atoms with Gasteiger partial charge in [0, 0.05) is 4.88 Å². The number of rotatable bonds is 6. The highest BCUT2D eigenvalue weighted by Crippen LogP contribution is 2.19. The fourth-order valence-electron chi connectivity index (χ4n) is 2.03. The molecule has 2 rings (SSSR count). The minimum atomic E-state index is -0.819. The Labute approximate surface area is 115 Å². The van der Waals surface area contributed by atoms with E-state index in [-0.39, 0.29) is 5.82 Å². The number of hydrogen-bond donors (Lipinski definition) is 1. The van der Waals surface area contributed by atoms with E-state index in [2.05, 4.69) is 0 Å². The third kappa shape index (κ3) is 4.17. The van der Waals surface area contributed by atoms with Crippen LogP contribution in [0.4, 0.5) is 4.39 Å². The summed E-state index contributed by atoms with van der Waals surface area (Å²) >= 11 is 1.63. The van der Waals surface area contributed by atoms with Gasteiger partial charge in [0.15, 0.2) is 0 Å². The minimum Gasteiger partial charge on any atom is -0.481 e. The van der Waals surface area contributed by atoms with Crippen LogP contribution < -0.4 is 0 Å². The topological polar surface area (TPSA) is 37.3 Å². The van der Waals surface area contributed by atoms with Gasteiger partial charge in [-0.25, -0.2) is 4.39 Å². The highest BCUT2D eigenvalue weighted by Gasteiger charge is 2.18. The summed E-state index contributed by atoms with van der Waals surface area (Å²) in [5.74, 6) is -1.61. The monoisotopic (exact) mass is 278 g/mol. The molecule has 0 saturated heterocycles. The van der Waals surface area contributed by atoms with E-state index in [9.17, 15) is 14.3 Å². The number of halogens is 1. The Kier molecular flexibility index (Phi) is 4.68. The first-order chi connectivity index (χ1) is 9.15. The van der Waals surface area contributed by atoms with Crippen LogP contribution in [0.5, 0.6) is 0 Å². The molecule has 1 aromatic heterocycles. The molecule has 0 spiro atoms. The summed E-state index contributed by atoms with van der Waals surface area (Å²) in [5.41, 5.74) is 0.735. The summed E-state index contributed by atoms with van der Waals surface area (Å²) in [6.07, 6.45) is 1.70. The van der Waals surface area contributed by atoms with Crippen LogP contribution in [0.2, 0.25) is 0 Å². The molecule has 19 heavy (non-hydrogen) atoms. The Hall–Kier alpha value is -1.68. The molecule has 0 aliphatic heterocycles. The van der Waals surface area contributed by atoms with Gasteiger partial charge in [-0.15, -0.1) is 11.3 Å². The lowest BCUT2D eigenvalue weighted by Crippen LogP contribution is -2.17. The van der Waals surface area contributed by atoms with E-state index in [1.165, 1.54) is 17.0 Å². The molecule has 0 amide bonds. The summed E-state index contributed by atoms with van der Waals surface area (Å²) in [6.45, 7) is 0. The average molecular weight is 278 g/mol. The summed E-state index contributed by atoms with van der Waals surface area (Å²) in [4.78, 5) is 12.4. The number of thiophene rings is 1. The fraction of sp³-hybridized carbons (Fsp3) is 0.267. The Bertz CT molecular complexity index is 537. The summed E-state index contributed by atoms with van der Waals surface area (Å²) in [6, 6.07) is 10.1. The first-order valence-corrected chi connectivity index (χ1v) is 7.03. The molecule has 0 bridgehead atoms. The van der Waals surface area contributed by atoms with Crippen molar-refractivity contribution in [3.05, 3.63) is 58.0 Å². The van der Waals surface area contributed by atoms with Gasteiger partial charge < -0.3 is 5.11 Å². The second-order valence-electron chi connectivity index (χ2n) is 4.49. The SMILES string of the molecule is O=C(O)C(CCc1cccs1)Cc1cccc(F)c1. The number of hydrogen-bond acceptors (Lipinski definition) is 2. The Morgan fingerprint density at radius 1 is 1.32 bits per heavy atom. The van der Waals surface area contributed by atoms with E-state index in [4.69, 9.17) is 0 Å². The summed E-state index contributed by atoms with van der Waals surface area (Å²) in [7, 11) is 0. The molecular formula is C15H15FO2S. The van der Waals surface area contributed by atoms with Crippen molar-refractivity contribution in [3.8, 4) is 0 Å². The molecule has 0 aliphatic rings. The zero-order valence-corrected chi connectivity index (χ0v) is 11.2. The second-order valence-corrected chi connectivity index (χ2v) is 5.52. The van der Waals surface area contributed by atoms with Gasteiger partial charge >= 0.3 is 5.97 Å². The molecule has 1 N–H and O–H groups in total. The molecule has 1 unspecified atom stereocenters. The van der Waals surface area contributed by atoms with E-state index in [0.29, 0.717) is 12.8 Å². The van der Waals surface area contributed by atoms with Gasteiger partial charge in [0.1, 0.15) is 5.82 Å². The van der Waals surface area contributed by atoms with E-state index in [1.807, 2.05) is 17.5 Å². The van der Waals surface area contributed by atoms with Crippen molar-refractivity contribution in [1.29, 1.82) is 0 Å². The third-order valence-electron chi connectivity index (χ3n) is 3.04. The zero-order chi connectivity index (χ0) is 13.7. The first-order valence-electron chi connectivity index (χ1n) is 6.15. The van der Waals surface area contributed by atoms with Crippen LogP contribution >= 0.6 is 11.3 Å². The summed E-state index contributed by atoms with van der Waals surface area (Å²) in [5, 5.41) is 11.2. The van der Waals surface area contributed by atoms with Crippen molar-refractivity contribution in [2.45, 2.75) is 19.3 Å². The lowest BCUT2D eigenvalue weighted by Gasteiger charge is -2.11. The van der Waals surface area contributed by atoms with Crippen LogP contribution in [0, 0.1) is 11.7 Å². The molecule has 0 fully saturated rings. The largest absolute Gasteiger partial charge is 0.481 e. The number of aliphatic carboxylic acids is 1. The molecule has 0 radical (unpaired) electrons. The predicted molar refractivity (Wildman–Crippen MR) is 73.9 cm³/mol. The number of aryl methyl sites for hydroxylation is 1. The highest BCUT2D eigenvalue weighted by atomic mass is 32.1. The number of carboxylic acids is 1. The minimum absolute atomic E-state index is 0.320. The number of carboxylic acid groups (broad SMARTS) is 1. The van der Waals surface area contributed by atoms with Crippen molar-refractivity contribution < 1.29 is 14.3 Å². The summed E-state index contributed by atoms with van der Waals surface area (Å²) < 4.78 is 13.1. The van der Waals surface area contributed by atoms with Crippen LogP contribution in [-0.4, -0.2) is 11.1 Å². The van der Waals surface area contributed by atoms with Gasteiger partial charge in [-0.05, 0) is 48.4 Å². The standard InChI is InChI=1S/C15H15FO2S/c16-13-4-1-3-11(10-13)9-12(15(17)18)6-7-14-5-2-8-19-14/h1-5,8,10,12H,6-7,9H2,(H,17,18). The fourth-order valence-corrected chi connectivity index (χ4v) is 2.76. The lowest BCUT2D eigenvalue weighted by molar-refractivity contribution is -0.141. The molecule has 2 aromatic rings. The molecule has 0 saturated carbocycles. The Balaban J connectivity index is 1.98. The predicted octanol–water partition coefficient (Wildman–Crippen LogP) is 3.76. The molecule has 2 nitrogen and oxygen atoms in total. The van der Waals surface area contributed by atoms with Gasteiger partial charge in [0.2, 0.25) is 0 Å². The van der Waals surface area contributed by atoms with Gasteiger partial charge in [-0.2, -0.15) is 0 Å². The molecule has 1 heterocycles. The highest BCUT2D eigenvalue weighted by molar-refractivity contribution is 7.09. The van der Waals surface area contributed by atoms with Gasteiger partial charge in [-0.3, -0.25) is 4.79 Å². The third-order valence-corrected chi connectivity index (χ3v) is 3.98. The van der Waals surface area contributed by atoms with E-state index < -0.39 is 11.9 Å². The second kappa shape index (κ2) is 6.48. The maximum atomic E-state index is 13.1. The van der Waals surface area contributed by atoms with E-state index in [1.54, 1.807) is 23.5 Å². The molecule has 1 aromatic carbocycles. The molecule has 100 valence electrons. The van der Waals surface area contributed by atoms with Crippen molar-refractivity contribution in [3.63, 3.8) is 0 Å². The number of benzene rings is 1. The number of carbonyl (C=O) groups is 1. The van der Waals surface area contributed by atoms with Crippen LogP contribution in [0.1, 0.15) is 16.9 Å². The van der Waals surface area contributed by atoms with Crippen LogP contribution in [0.3, 0.4) is 0 Å². The lowest BCUT2D eigenvalue weighted by atomic mass is 9.94. The first kappa shape index (κ1) is 13.7. The van der Waals surface area contributed by atoms with Gasteiger partial charge in [-0.1, -0.05) is 18.2 Å². The zero-order valence-electron chi connectivity index (χ0n) is 10.4. The van der Waals surface area contributed by atoms with E-state index in [0.717, 1.165) is 12.0 Å². The van der Waals surface area contributed by atoms with Crippen molar-refractivity contribution in [2.24, 2.45) is 5.92 Å². The maximum absolute atomic E-state index is 13.1. The average Bonchev–Trinajstić information content (AvgIpc) is 2.87. The smallest absolute Gasteiger partial charge is 0.306 e.